The molecule has 1 aromatic carbocycles. The summed E-state index contributed by atoms with van der Waals surface area (Å²) >= 11 is 4.93. The van der Waals surface area contributed by atoms with E-state index in [9.17, 15) is 5.11 Å². The number of hydrogen-bond acceptors (Lipinski definition) is 4. The third kappa shape index (κ3) is 3.63. The predicted molar refractivity (Wildman–Crippen MR) is 84.6 cm³/mol. The van der Waals surface area contributed by atoms with Crippen LogP contribution in [0.2, 0.25) is 0 Å². The molecule has 19 heavy (non-hydrogen) atoms. The Morgan fingerprint density at radius 1 is 1.42 bits per heavy atom. The van der Waals surface area contributed by atoms with Crippen LogP contribution < -0.4 is 10.5 Å². The maximum atomic E-state index is 9.85. The maximum Gasteiger partial charge on any atom is 0.172 e. The molecule has 0 aliphatic rings. The SMILES string of the molecule is CCOc1cc([C@@H](N)c2ccsc2)cc(Br)c1O.Cl. The predicted octanol–water partition coefficient (Wildman–Crippen LogP) is 4.08. The van der Waals surface area contributed by atoms with Gasteiger partial charge in [-0.1, -0.05) is 0 Å². The van der Waals surface area contributed by atoms with Crippen LogP contribution in [0.15, 0.2) is 33.4 Å². The van der Waals surface area contributed by atoms with E-state index in [4.69, 9.17) is 10.5 Å². The average Bonchev–Trinajstić information content (AvgIpc) is 2.87. The Morgan fingerprint density at radius 3 is 2.74 bits per heavy atom. The Morgan fingerprint density at radius 2 is 2.16 bits per heavy atom. The Hall–Kier alpha value is -0.750. The number of phenolic OH excluding ortho intramolecular Hbond substituents is 1. The molecule has 0 spiro atoms. The fourth-order valence-electron chi connectivity index (χ4n) is 1.68. The lowest BCUT2D eigenvalue weighted by Gasteiger charge is -2.14. The molecule has 0 aliphatic carbocycles. The van der Waals surface area contributed by atoms with E-state index in [-0.39, 0.29) is 24.2 Å². The van der Waals surface area contributed by atoms with E-state index >= 15 is 0 Å². The van der Waals surface area contributed by atoms with Gasteiger partial charge in [-0.2, -0.15) is 11.3 Å². The highest BCUT2D eigenvalue weighted by molar-refractivity contribution is 9.10. The van der Waals surface area contributed by atoms with E-state index in [1.54, 1.807) is 17.4 Å². The molecular weight excluding hydrogens is 350 g/mol. The third-order valence-corrected chi connectivity index (χ3v) is 3.92. The number of ether oxygens (including phenoxy) is 1. The summed E-state index contributed by atoms with van der Waals surface area (Å²) in [5, 5.41) is 13.9. The Labute approximate surface area is 130 Å². The number of phenols is 1. The normalized spacial score (nSPS) is 11.7. The molecule has 0 radical (unpaired) electrons. The van der Waals surface area contributed by atoms with Crippen molar-refractivity contribution in [2.75, 3.05) is 6.61 Å². The van der Waals surface area contributed by atoms with Gasteiger partial charge in [0, 0.05) is 0 Å². The molecule has 104 valence electrons. The van der Waals surface area contributed by atoms with Crippen molar-refractivity contribution in [3.05, 3.63) is 44.6 Å². The van der Waals surface area contributed by atoms with Crippen LogP contribution in [0.5, 0.6) is 11.5 Å². The second-order valence-electron chi connectivity index (χ2n) is 3.82. The molecule has 0 saturated heterocycles. The number of thiophene rings is 1. The third-order valence-electron chi connectivity index (χ3n) is 2.61. The van der Waals surface area contributed by atoms with E-state index in [0.29, 0.717) is 16.8 Å². The summed E-state index contributed by atoms with van der Waals surface area (Å²) in [6.07, 6.45) is 0. The summed E-state index contributed by atoms with van der Waals surface area (Å²) < 4.78 is 5.98. The number of rotatable bonds is 4. The van der Waals surface area contributed by atoms with Gasteiger partial charge in [-0.3, -0.25) is 0 Å². The first-order valence-corrected chi connectivity index (χ1v) is 7.30. The summed E-state index contributed by atoms with van der Waals surface area (Å²) in [6, 6.07) is 5.38. The lowest BCUT2D eigenvalue weighted by molar-refractivity contribution is 0.316. The van der Waals surface area contributed by atoms with Gasteiger partial charge in [0.1, 0.15) is 0 Å². The molecule has 0 aliphatic heterocycles. The molecule has 0 bridgehead atoms. The Bertz CT molecular complexity index is 534. The van der Waals surface area contributed by atoms with Crippen molar-refractivity contribution in [3.63, 3.8) is 0 Å². The van der Waals surface area contributed by atoms with Crippen LogP contribution in [-0.2, 0) is 0 Å². The quantitative estimate of drug-likeness (QED) is 0.859. The van der Waals surface area contributed by atoms with Crippen LogP contribution in [0.25, 0.3) is 0 Å². The molecular formula is C13H15BrClNO2S. The highest BCUT2D eigenvalue weighted by atomic mass is 79.9. The van der Waals surface area contributed by atoms with E-state index < -0.39 is 0 Å². The van der Waals surface area contributed by atoms with Crippen molar-refractivity contribution in [3.8, 4) is 11.5 Å². The lowest BCUT2D eigenvalue weighted by atomic mass is 10.0. The molecule has 2 rings (SSSR count). The van der Waals surface area contributed by atoms with Gasteiger partial charge in [-0.25, -0.2) is 0 Å². The van der Waals surface area contributed by atoms with Crippen LogP contribution in [0, 0.1) is 0 Å². The van der Waals surface area contributed by atoms with Crippen LogP contribution in [0.4, 0.5) is 0 Å². The van der Waals surface area contributed by atoms with Crippen LogP contribution in [-0.4, -0.2) is 11.7 Å². The van der Waals surface area contributed by atoms with Gasteiger partial charge in [-0.05, 0) is 62.9 Å². The number of halogens is 2. The molecule has 2 aromatic rings. The molecule has 6 heteroatoms. The summed E-state index contributed by atoms with van der Waals surface area (Å²) in [5.74, 6) is 0.561. The fourth-order valence-corrected chi connectivity index (χ4v) is 2.84. The minimum absolute atomic E-state index is 0. The first-order chi connectivity index (χ1) is 8.63. The average molecular weight is 365 g/mol. The Balaban J connectivity index is 0.00000180. The van der Waals surface area contributed by atoms with Gasteiger partial charge in [0.05, 0.1) is 17.1 Å². The molecule has 3 nitrogen and oxygen atoms in total. The largest absolute Gasteiger partial charge is 0.503 e. The second-order valence-corrected chi connectivity index (χ2v) is 5.45. The fraction of sp³-hybridized carbons (Fsp3) is 0.231. The lowest BCUT2D eigenvalue weighted by Crippen LogP contribution is -2.11. The first kappa shape index (κ1) is 16.3. The minimum Gasteiger partial charge on any atom is -0.503 e. The number of aromatic hydroxyl groups is 1. The zero-order chi connectivity index (χ0) is 13.1. The molecule has 1 aromatic heterocycles. The van der Waals surface area contributed by atoms with Gasteiger partial charge in [-0.15, -0.1) is 12.4 Å². The van der Waals surface area contributed by atoms with Crippen LogP contribution >= 0.6 is 39.7 Å². The van der Waals surface area contributed by atoms with Gasteiger partial charge >= 0.3 is 0 Å². The van der Waals surface area contributed by atoms with Crippen LogP contribution in [0.3, 0.4) is 0 Å². The Kier molecular flexibility index (Phi) is 6.13. The molecule has 0 fully saturated rings. The standard InChI is InChI=1S/C13H14BrNO2S.ClH/c1-2-17-11-6-9(5-10(14)13(11)16)12(15)8-3-4-18-7-8;/h3-7,12,16H,2,15H2,1H3;1H/t12-;/m0./s1. The van der Waals surface area contributed by atoms with Crippen LogP contribution in [0.1, 0.15) is 24.1 Å². The molecule has 3 N–H and O–H groups in total. The maximum absolute atomic E-state index is 9.85. The second kappa shape index (κ2) is 7.14. The highest BCUT2D eigenvalue weighted by Crippen LogP contribution is 2.38. The zero-order valence-corrected chi connectivity index (χ0v) is 13.5. The van der Waals surface area contributed by atoms with Gasteiger partial charge in [0.15, 0.2) is 11.5 Å². The van der Waals surface area contributed by atoms with E-state index in [0.717, 1.165) is 11.1 Å². The zero-order valence-electron chi connectivity index (χ0n) is 10.3. The van der Waals surface area contributed by atoms with Gasteiger partial charge in [0.2, 0.25) is 0 Å². The summed E-state index contributed by atoms with van der Waals surface area (Å²) in [5.41, 5.74) is 8.15. The molecule has 1 heterocycles. The van der Waals surface area contributed by atoms with E-state index in [1.165, 1.54) is 0 Å². The molecule has 1 atom stereocenters. The minimum atomic E-state index is -0.215. The van der Waals surface area contributed by atoms with E-state index in [1.807, 2.05) is 29.8 Å². The molecule has 0 unspecified atom stereocenters. The van der Waals surface area contributed by atoms with Gasteiger partial charge in [0.25, 0.3) is 0 Å². The summed E-state index contributed by atoms with van der Waals surface area (Å²) in [4.78, 5) is 0. The van der Waals surface area contributed by atoms with Crippen molar-refractivity contribution in [1.82, 2.24) is 0 Å². The molecule has 0 amide bonds. The highest BCUT2D eigenvalue weighted by Gasteiger charge is 2.15. The monoisotopic (exact) mass is 363 g/mol. The van der Waals surface area contributed by atoms with Crippen molar-refractivity contribution in [2.24, 2.45) is 5.73 Å². The van der Waals surface area contributed by atoms with Gasteiger partial charge < -0.3 is 15.6 Å². The smallest absolute Gasteiger partial charge is 0.172 e. The van der Waals surface area contributed by atoms with Crippen molar-refractivity contribution in [2.45, 2.75) is 13.0 Å². The topological polar surface area (TPSA) is 55.5 Å². The van der Waals surface area contributed by atoms with E-state index in [2.05, 4.69) is 15.9 Å². The number of nitrogens with two attached hydrogens (primary N) is 1. The number of benzene rings is 1. The summed E-state index contributed by atoms with van der Waals surface area (Å²) in [6.45, 7) is 2.37. The van der Waals surface area contributed by atoms with Crippen molar-refractivity contribution < 1.29 is 9.84 Å². The van der Waals surface area contributed by atoms with Crippen molar-refractivity contribution in [1.29, 1.82) is 0 Å². The molecule has 0 saturated carbocycles. The summed E-state index contributed by atoms with van der Waals surface area (Å²) in [7, 11) is 0. The first-order valence-electron chi connectivity index (χ1n) is 5.56. The number of hydrogen-bond donors (Lipinski definition) is 2. The van der Waals surface area contributed by atoms with Crippen molar-refractivity contribution >= 4 is 39.7 Å².